The average Bonchev–Trinajstić information content (AvgIpc) is 1.54. The van der Waals surface area contributed by atoms with Crippen molar-refractivity contribution in [3.05, 3.63) is 449 Å². The Kier molecular flexibility index (Phi) is 18.1. The van der Waals surface area contributed by atoms with Gasteiger partial charge in [-0.25, -0.2) is 0 Å². The van der Waals surface area contributed by atoms with Crippen molar-refractivity contribution in [1.82, 2.24) is 0 Å². The van der Waals surface area contributed by atoms with Crippen LogP contribution in [0.3, 0.4) is 0 Å². The number of rotatable bonds is 14. The lowest BCUT2D eigenvalue weighted by molar-refractivity contribution is 1.28. The molecule has 0 aliphatic rings. The number of fused-ring (bicyclic) bond motifs is 14. The second kappa shape index (κ2) is 30.2. The Labute approximate surface area is 682 Å². The fourth-order valence-corrected chi connectivity index (χ4v) is 20.0. The fraction of sp³-hybridized carbons (Fsp3) is 0. The zero-order valence-corrected chi connectivity index (χ0v) is 65.1. The van der Waals surface area contributed by atoms with E-state index in [1.807, 2.05) is 22.7 Å². The summed E-state index contributed by atoms with van der Waals surface area (Å²) in [5.41, 5.74) is 26.3. The first kappa shape index (κ1) is 69.4. The topological polar surface area (TPSA) is 6.48 Å². The monoisotopic (exact) mass is 1510 g/mol. The number of nitrogens with zero attached hydrogens (tertiary/aromatic N) is 2. The van der Waals surface area contributed by atoms with Gasteiger partial charge in [0.05, 0.1) is 0 Å². The summed E-state index contributed by atoms with van der Waals surface area (Å²) in [5.74, 6) is 0. The molecule has 0 bridgehead atoms. The lowest BCUT2D eigenvalue weighted by Crippen LogP contribution is -2.09. The minimum atomic E-state index is 1.10. The molecule has 0 N–H and O–H groups in total. The van der Waals surface area contributed by atoms with Crippen LogP contribution in [0.15, 0.2) is 449 Å². The highest BCUT2D eigenvalue weighted by Crippen LogP contribution is 2.52. The second-order valence-electron chi connectivity index (χ2n) is 29.7. The van der Waals surface area contributed by atoms with Gasteiger partial charge >= 0.3 is 0 Å². The van der Waals surface area contributed by atoms with Gasteiger partial charge < -0.3 is 9.80 Å². The van der Waals surface area contributed by atoms with Crippen molar-refractivity contribution < 1.29 is 0 Å². The van der Waals surface area contributed by atoms with Gasteiger partial charge in [0, 0.05) is 90.8 Å². The Bertz CT molecular complexity index is 7260. The summed E-state index contributed by atoms with van der Waals surface area (Å²) in [6, 6.07) is 163. The molecule has 2 aromatic heterocycles. The van der Waals surface area contributed by atoms with Crippen molar-refractivity contribution in [2.24, 2.45) is 0 Å². The van der Waals surface area contributed by atoms with Crippen LogP contribution in [0.2, 0.25) is 0 Å². The molecule has 0 aliphatic heterocycles. The van der Waals surface area contributed by atoms with Crippen LogP contribution < -0.4 is 9.80 Å². The van der Waals surface area contributed by atoms with E-state index in [-0.39, 0.29) is 0 Å². The molecule has 22 rings (SSSR count). The molecule has 0 spiro atoms. The number of hydrogen-bond acceptors (Lipinski definition) is 4. The SMILES string of the molecule is c1ccc(-c2ccc(N(c3ccc(-c4ccccc4)cc3)c3ccc(-c4cc(-c5ccccc5)cc5c4sc4c5cc(-c5ccccc5)c5ccc6ccccc6c54)cc3)cc2)cc1.c1ccc(-c2ccc(N(c3ccccc3)c3ccc(-c4cccc5c4sc4c5cc(-c5ccccc5)c5ccc6ccccc6c54)cc3)cc2)cc1. The predicted molar refractivity (Wildman–Crippen MR) is 502 cm³/mol. The minimum absolute atomic E-state index is 1.10. The summed E-state index contributed by atoms with van der Waals surface area (Å²) in [6.07, 6.45) is 0. The first-order valence-corrected chi connectivity index (χ1v) is 41.3. The van der Waals surface area contributed by atoms with Crippen molar-refractivity contribution in [1.29, 1.82) is 0 Å². The van der Waals surface area contributed by atoms with E-state index < -0.39 is 0 Å². The van der Waals surface area contributed by atoms with E-state index in [1.165, 1.54) is 172 Å². The zero-order chi connectivity index (χ0) is 76.8. The average molecular weight is 1510 g/mol. The molecule has 0 radical (unpaired) electrons. The number of para-hydroxylation sites is 1. The van der Waals surface area contributed by atoms with Gasteiger partial charge in [-0.3, -0.25) is 0 Å². The molecule has 0 amide bonds. The number of thiophene rings is 2. The standard InChI is InChI=1S/C62H41NS.C50H33NS/c1-5-15-42(16-6-1)45-25-32-51(33-26-45)63(52-34-27-46(28-35-52)43-17-7-2-8-18-43)53-36-29-49(30-37-53)57-39-50(44-19-9-3-10-20-44)40-58-59-41-56(47-21-11-4-12-22-47)55-38-31-48-23-13-14-24-54(48)60(55)62(59)64-61(57)58;1-4-13-34(14-5-1)35-23-28-40(29-24-35)51(39-18-8-3-9-19-39)41-30-25-38(26-31-41)43-21-12-22-45-47-33-46(36-15-6-2-7-16-36)44-32-27-37-17-10-11-20-42(37)48(44)50(47)52-49(43)45/h1-41H;1-33H. The van der Waals surface area contributed by atoms with Crippen LogP contribution in [-0.4, -0.2) is 0 Å². The molecule has 0 saturated heterocycles. The van der Waals surface area contributed by atoms with Gasteiger partial charge in [0.1, 0.15) is 0 Å². The zero-order valence-electron chi connectivity index (χ0n) is 63.4. The van der Waals surface area contributed by atoms with E-state index in [4.69, 9.17) is 0 Å². The number of anilines is 6. The van der Waals surface area contributed by atoms with Crippen LogP contribution in [0.25, 0.3) is 172 Å². The Balaban J connectivity index is 0.000000148. The molecule has 0 atom stereocenters. The normalized spacial score (nSPS) is 11.4. The Hall–Kier alpha value is -14.5. The molecule has 0 fully saturated rings. The van der Waals surface area contributed by atoms with E-state index >= 15 is 0 Å². The van der Waals surface area contributed by atoms with Gasteiger partial charge in [0.15, 0.2) is 0 Å². The maximum absolute atomic E-state index is 2.45. The van der Waals surface area contributed by atoms with Crippen molar-refractivity contribution in [2.45, 2.75) is 0 Å². The summed E-state index contributed by atoms with van der Waals surface area (Å²) in [7, 11) is 0. The van der Waals surface area contributed by atoms with Crippen molar-refractivity contribution in [2.75, 3.05) is 9.80 Å². The maximum Gasteiger partial charge on any atom is 0.0462 e. The van der Waals surface area contributed by atoms with Crippen LogP contribution in [0, 0.1) is 0 Å². The largest absolute Gasteiger partial charge is 0.311 e. The molecule has 116 heavy (non-hydrogen) atoms. The van der Waals surface area contributed by atoms with Crippen molar-refractivity contribution in [3.63, 3.8) is 0 Å². The smallest absolute Gasteiger partial charge is 0.0462 e. The summed E-state index contributed by atoms with van der Waals surface area (Å²) in [5, 5.41) is 15.6. The van der Waals surface area contributed by atoms with Gasteiger partial charge in [0.2, 0.25) is 0 Å². The molecular weight excluding hydrogens is 1440 g/mol. The van der Waals surface area contributed by atoms with Gasteiger partial charge in [-0.15, -0.1) is 22.7 Å². The van der Waals surface area contributed by atoms with E-state index in [0.29, 0.717) is 0 Å². The van der Waals surface area contributed by atoms with E-state index in [0.717, 1.165) is 34.1 Å². The number of benzene rings is 20. The van der Waals surface area contributed by atoms with Gasteiger partial charge in [0.25, 0.3) is 0 Å². The first-order valence-electron chi connectivity index (χ1n) is 39.7. The molecule has 0 unspecified atom stereocenters. The number of hydrogen-bond donors (Lipinski definition) is 0. The van der Waals surface area contributed by atoms with Gasteiger partial charge in [-0.2, -0.15) is 0 Å². The van der Waals surface area contributed by atoms with Crippen LogP contribution in [0.5, 0.6) is 0 Å². The molecule has 4 heteroatoms. The highest BCUT2D eigenvalue weighted by molar-refractivity contribution is 7.28. The molecule has 0 aliphatic carbocycles. The highest BCUT2D eigenvalue weighted by Gasteiger charge is 2.24. The maximum atomic E-state index is 2.45. The van der Waals surface area contributed by atoms with Crippen LogP contribution >= 0.6 is 22.7 Å². The van der Waals surface area contributed by atoms with E-state index in [1.54, 1.807) is 0 Å². The molecule has 544 valence electrons. The lowest BCUT2D eigenvalue weighted by atomic mass is 9.91. The molecule has 2 nitrogen and oxygen atoms in total. The summed E-state index contributed by atoms with van der Waals surface area (Å²) in [4.78, 5) is 4.70. The second-order valence-corrected chi connectivity index (χ2v) is 31.8. The van der Waals surface area contributed by atoms with Crippen molar-refractivity contribution >= 4 is 140 Å². The third kappa shape index (κ3) is 12.9. The Morgan fingerprint density at radius 1 is 0.138 bits per heavy atom. The summed E-state index contributed by atoms with van der Waals surface area (Å²) < 4.78 is 5.29. The third-order valence-electron chi connectivity index (χ3n) is 22.9. The molecule has 0 saturated carbocycles. The lowest BCUT2D eigenvalue weighted by Gasteiger charge is -2.26. The first-order chi connectivity index (χ1) is 57.5. The highest BCUT2D eigenvalue weighted by atomic mass is 32.1. The molecular formula is C112H74N2S2. The molecule has 22 aromatic rings. The van der Waals surface area contributed by atoms with Crippen LogP contribution in [0.1, 0.15) is 0 Å². The predicted octanol–water partition coefficient (Wildman–Crippen LogP) is 33.0. The van der Waals surface area contributed by atoms with Crippen molar-refractivity contribution in [3.8, 4) is 89.0 Å². The van der Waals surface area contributed by atoms with Gasteiger partial charge in [-0.1, -0.05) is 352 Å². The minimum Gasteiger partial charge on any atom is -0.311 e. The Morgan fingerprint density at radius 2 is 0.414 bits per heavy atom. The van der Waals surface area contributed by atoms with Crippen LogP contribution in [-0.2, 0) is 0 Å². The molecule has 2 heterocycles. The van der Waals surface area contributed by atoms with E-state index in [2.05, 4.69) is 459 Å². The van der Waals surface area contributed by atoms with Gasteiger partial charge in [-0.05, 0) is 213 Å². The summed E-state index contributed by atoms with van der Waals surface area (Å²) in [6.45, 7) is 0. The Morgan fingerprint density at radius 3 is 0.810 bits per heavy atom. The quantitative estimate of drug-likeness (QED) is 0.100. The fourth-order valence-electron chi connectivity index (χ4n) is 17.2. The third-order valence-corrected chi connectivity index (χ3v) is 25.5. The van der Waals surface area contributed by atoms with Crippen LogP contribution in [0.4, 0.5) is 34.1 Å². The van der Waals surface area contributed by atoms with E-state index in [9.17, 15) is 0 Å². The molecule has 20 aromatic carbocycles. The summed E-state index contributed by atoms with van der Waals surface area (Å²) >= 11 is 3.85.